The van der Waals surface area contributed by atoms with E-state index in [1.165, 1.54) is 42.5 Å². The van der Waals surface area contributed by atoms with E-state index in [0.29, 0.717) is 43.9 Å². The predicted octanol–water partition coefficient (Wildman–Crippen LogP) is 2.72. The van der Waals surface area contributed by atoms with Crippen molar-refractivity contribution in [1.82, 2.24) is 9.80 Å². The quantitative estimate of drug-likeness (QED) is 0.827. The van der Waals surface area contributed by atoms with Gasteiger partial charge in [0.25, 0.3) is 11.8 Å². The summed E-state index contributed by atoms with van der Waals surface area (Å²) >= 11 is 0. The molecule has 0 saturated carbocycles. The van der Waals surface area contributed by atoms with Crippen molar-refractivity contribution in [3.05, 3.63) is 65.7 Å². The standard InChI is InChI=1S/C20H20F2N2O3/c21-16-5-7-18(8-6-16)27-14-19(25)23-9-2-10-24(12-11-23)20(26)15-3-1-4-17(22)13-15/h1,3-8,13H,2,9-12,14H2. The average molecular weight is 374 g/mol. The number of carbonyl (C=O) groups excluding carboxylic acids is 2. The van der Waals surface area contributed by atoms with Crippen molar-refractivity contribution < 1.29 is 23.1 Å². The molecule has 0 N–H and O–H groups in total. The molecule has 5 nitrogen and oxygen atoms in total. The molecule has 0 radical (unpaired) electrons. The van der Waals surface area contributed by atoms with Gasteiger partial charge < -0.3 is 14.5 Å². The van der Waals surface area contributed by atoms with E-state index >= 15 is 0 Å². The van der Waals surface area contributed by atoms with Crippen molar-refractivity contribution in [3.8, 4) is 5.75 Å². The van der Waals surface area contributed by atoms with Crippen molar-refractivity contribution in [1.29, 1.82) is 0 Å². The van der Waals surface area contributed by atoms with Crippen LogP contribution in [0.2, 0.25) is 0 Å². The third-order valence-electron chi connectivity index (χ3n) is 4.38. The maximum atomic E-state index is 13.3. The Morgan fingerprint density at radius 1 is 0.889 bits per heavy atom. The Morgan fingerprint density at radius 2 is 1.59 bits per heavy atom. The number of hydrogen-bond donors (Lipinski definition) is 0. The van der Waals surface area contributed by atoms with Gasteiger partial charge >= 0.3 is 0 Å². The van der Waals surface area contributed by atoms with Crippen LogP contribution in [-0.4, -0.2) is 54.4 Å². The summed E-state index contributed by atoms with van der Waals surface area (Å²) in [6.07, 6.45) is 0.628. The van der Waals surface area contributed by atoms with Gasteiger partial charge in [-0.25, -0.2) is 8.78 Å². The summed E-state index contributed by atoms with van der Waals surface area (Å²) in [7, 11) is 0. The lowest BCUT2D eigenvalue weighted by Crippen LogP contribution is -2.39. The van der Waals surface area contributed by atoms with Gasteiger partial charge in [0.05, 0.1) is 0 Å². The zero-order valence-electron chi connectivity index (χ0n) is 14.7. The summed E-state index contributed by atoms with van der Waals surface area (Å²) in [5.41, 5.74) is 0.300. The van der Waals surface area contributed by atoms with Crippen LogP contribution < -0.4 is 4.74 Å². The first-order valence-corrected chi connectivity index (χ1v) is 8.74. The van der Waals surface area contributed by atoms with E-state index in [-0.39, 0.29) is 24.2 Å². The van der Waals surface area contributed by atoms with Crippen LogP contribution in [0, 0.1) is 11.6 Å². The Balaban J connectivity index is 1.53. The number of halogens is 2. The van der Waals surface area contributed by atoms with Crippen molar-refractivity contribution in [2.75, 3.05) is 32.8 Å². The van der Waals surface area contributed by atoms with Crippen LogP contribution in [0.4, 0.5) is 8.78 Å². The van der Waals surface area contributed by atoms with E-state index in [1.807, 2.05) is 0 Å². The topological polar surface area (TPSA) is 49.9 Å². The van der Waals surface area contributed by atoms with Crippen LogP contribution in [0.1, 0.15) is 16.8 Å². The summed E-state index contributed by atoms with van der Waals surface area (Å²) in [6, 6.07) is 11.0. The highest BCUT2D eigenvalue weighted by Crippen LogP contribution is 2.13. The minimum atomic E-state index is -0.453. The third kappa shape index (κ3) is 5.03. The van der Waals surface area contributed by atoms with Crippen LogP contribution in [0.25, 0.3) is 0 Å². The number of benzene rings is 2. The summed E-state index contributed by atoms with van der Waals surface area (Å²) in [6.45, 7) is 1.62. The second-order valence-corrected chi connectivity index (χ2v) is 6.28. The molecule has 1 aliphatic rings. The Hall–Kier alpha value is -2.96. The molecule has 3 rings (SSSR count). The zero-order chi connectivity index (χ0) is 19.2. The highest BCUT2D eigenvalue weighted by Gasteiger charge is 2.23. The fourth-order valence-electron chi connectivity index (χ4n) is 2.94. The number of carbonyl (C=O) groups is 2. The van der Waals surface area contributed by atoms with Crippen molar-refractivity contribution in [3.63, 3.8) is 0 Å². The van der Waals surface area contributed by atoms with Gasteiger partial charge in [-0.1, -0.05) is 6.07 Å². The predicted molar refractivity (Wildman–Crippen MR) is 95.4 cm³/mol. The van der Waals surface area contributed by atoms with E-state index in [0.717, 1.165) is 0 Å². The Kier molecular flexibility index (Phi) is 6.01. The molecule has 0 spiro atoms. The Morgan fingerprint density at radius 3 is 2.33 bits per heavy atom. The molecule has 1 fully saturated rings. The summed E-state index contributed by atoms with van der Waals surface area (Å²) < 4.78 is 31.6. The molecule has 0 aromatic heterocycles. The van der Waals surface area contributed by atoms with Crippen LogP contribution in [-0.2, 0) is 4.79 Å². The van der Waals surface area contributed by atoms with Crippen LogP contribution in [0.5, 0.6) is 5.75 Å². The second kappa shape index (κ2) is 8.62. The zero-order valence-corrected chi connectivity index (χ0v) is 14.7. The normalized spacial score (nSPS) is 14.6. The summed E-state index contributed by atoms with van der Waals surface area (Å²) in [5, 5.41) is 0. The lowest BCUT2D eigenvalue weighted by Gasteiger charge is -2.22. The number of nitrogens with zero attached hydrogens (tertiary/aromatic N) is 2. The number of amides is 2. The maximum absolute atomic E-state index is 13.3. The van der Waals surface area contributed by atoms with E-state index in [1.54, 1.807) is 15.9 Å². The molecule has 7 heteroatoms. The van der Waals surface area contributed by atoms with Gasteiger partial charge in [0.1, 0.15) is 17.4 Å². The van der Waals surface area contributed by atoms with E-state index in [2.05, 4.69) is 0 Å². The van der Waals surface area contributed by atoms with Gasteiger partial charge in [-0.2, -0.15) is 0 Å². The first kappa shape index (κ1) is 18.8. The SMILES string of the molecule is O=C(COc1ccc(F)cc1)N1CCCN(C(=O)c2cccc(F)c2)CC1. The lowest BCUT2D eigenvalue weighted by atomic mass is 10.2. The third-order valence-corrected chi connectivity index (χ3v) is 4.38. The lowest BCUT2D eigenvalue weighted by molar-refractivity contribution is -0.133. The Bertz CT molecular complexity index is 811. The Labute approximate surface area is 156 Å². The monoisotopic (exact) mass is 374 g/mol. The van der Waals surface area contributed by atoms with Gasteiger partial charge in [-0.15, -0.1) is 0 Å². The minimum Gasteiger partial charge on any atom is -0.484 e. The fraction of sp³-hybridized carbons (Fsp3) is 0.300. The molecule has 0 unspecified atom stereocenters. The molecule has 27 heavy (non-hydrogen) atoms. The summed E-state index contributed by atoms with van der Waals surface area (Å²) in [4.78, 5) is 28.1. The number of hydrogen-bond acceptors (Lipinski definition) is 3. The van der Waals surface area contributed by atoms with Crippen molar-refractivity contribution in [2.24, 2.45) is 0 Å². The number of rotatable bonds is 4. The van der Waals surface area contributed by atoms with Gasteiger partial charge in [-0.3, -0.25) is 9.59 Å². The van der Waals surface area contributed by atoms with E-state index < -0.39 is 5.82 Å². The molecule has 1 aliphatic heterocycles. The van der Waals surface area contributed by atoms with Gasteiger partial charge in [0.15, 0.2) is 6.61 Å². The first-order valence-electron chi connectivity index (χ1n) is 8.74. The van der Waals surface area contributed by atoms with Crippen molar-refractivity contribution in [2.45, 2.75) is 6.42 Å². The fourth-order valence-corrected chi connectivity index (χ4v) is 2.94. The van der Waals surface area contributed by atoms with E-state index in [9.17, 15) is 18.4 Å². The van der Waals surface area contributed by atoms with Gasteiger partial charge in [0, 0.05) is 31.7 Å². The summed E-state index contributed by atoms with van der Waals surface area (Å²) in [5.74, 6) is -0.845. The smallest absolute Gasteiger partial charge is 0.260 e. The molecular weight excluding hydrogens is 354 g/mol. The molecule has 1 saturated heterocycles. The molecule has 1 heterocycles. The average Bonchev–Trinajstić information content (AvgIpc) is 2.93. The van der Waals surface area contributed by atoms with E-state index in [4.69, 9.17) is 4.74 Å². The number of ether oxygens (including phenoxy) is 1. The molecular formula is C20H20F2N2O3. The molecule has 2 amide bonds. The molecule has 142 valence electrons. The van der Waals surface area contributed by atoms with Crippen LogP contribution >= 0.6 is 0 Å². The molecule has 0 atom stereocenters. The molecule has 2 aromatic rings. The van der Waals surface area contributed by atoms with Crippen LogP contribution in [0.3, 0.4) is 0 Å². The van der Waals surface area contributed by atoms with Crippen LogP contribution in [0.15, 0.2) is 48.5 Å². The maximum Gasteiger partial charge on any atom is 0.260 e. The highest BCUT2D eigenvalue weighted by atomic mass is 19.1. The largest absolute Gasteiger partial charge is 0.484 e. The first-order chi connectivity index (χ1) is 13.0. The van der Waals surface area contributed by atoms with Gasteiger partial charge in [0.2, 0.25) is 0 Å². The van der Waals surface area contributed by atoms with Crippen molar-refractivity contribution >= 4 is 11.8 Å². The molecule has 0 aliphatic carbocycles. The second-order valence-electron chi connectivity index (χ2n) is 6.28. The van der Waals surface area contributed by atoms with Gasteiger partial charge in [-0.05, 0) is 48.9 Å². The molecule has 2 aromatic carbocycles. The minimum absolute atomic E-state index is 0.149. The molecule has 0 bridgehead atoms. The highest BCUT2D eigenvalue weighted by molar-refractivity contribution is 5.94.